The number of pyridine rings is 1. The van der Waals surface area contributed by atoms with E-state index in [-0.39, 0.29) is 16.8 Å². The van der Waals surface area contributed by atoms with Gasteiger partial charge < -0.3 is 30.1 Å². The summed E-state index contributed by atoms with van der Waals surface area (Å²) in [6.45, 7) is 21.0. The maximum absolute atomic E-state index is 12.0. The number of benzene rings is 2. The SMILES string of the molecule is C=CC.CC.COc1cc(C(C)C)c(Cl)c(C(=Nc2cnc(Nc3c(C)cc(N4CCN(C)CC4)cc3NC=O)cc2C)N(C)C=O)c1Cl. The summed E-state index contributed by atoms with van der Waals surface area (Å²) in [6, 6.07) is 7.75. The molecule has 0 atom stereocenters. The average Bonchev–Trinajstić information content (AvgIpc) is 3.08. The minimum atomic E-state index is 0.0710. The van der Waals surface area contributed by atoms with Crippen LogP contribution in [0.25, 0.3) is 0 Å². The fourth-order valence-electron chi connectivity index (χ4n) is 5.09. The predicted octanol–water partition coefficient (Wildman–Crippen LogP) is 8.59. The number of likely N-dealkylation sites (N-methyl/N-ethyl adjacent to an activating group) is 1. The van der Waals surface area contributed by atoms with Crippen LogP contribution in [-0.2, 0) is 9.59 Å². The molecule has 2 N–H and O–H groups in total. The highest BCUT2D eigenvalue weighted by Gasteiger charge is 2.25. The van der Waals surface area contributed by atoms with Crippen molar-refractivity contribution in [2.75, 3.05) is 62.9 Å². The van der Waals surface area contributed by atoms with E-state index in [9.17, 15) is 9.59 Å². The molecule has 1 aliphatic rings. The van der Waals surface area contributed by atoms with E-state index in [1.165, 1.54) is 12.0 Å². The van der Waals surface area contributed by atoms with Crippen LogP contribution < -0.4 is 20.3 Å². The molecule has 3 aromatic rings. The Morgan fingerprint density at radius 1 is 1.06 bits per heavy atom. The van der Waals surface area contributed by atoms with E-state index < -0.39 is 0 Å². The average molecular weight is 713 g/mol. The third-order valence-electron chi connectivity index (χ3n) is 7.72. The third-order valence-corrected chi connectivity index (χ3v) is 8.50. The number of methoxy groups -OCH3 is 1. The van der Waals surface area contributed by atoms with Crippen LogP contribution in [0.1, 0.15) is 62.8 Å². The number of aromatic nitrogens is 1. The number of aryl methyl sites for hydroxylation is 2. The van der Waals surface area contributed by atoms with Gasteiger partial charge in [-0.1, -0.05) is 57.0 Å². The first-order valence-corrected chi connectivity index (χ1v) is 17.1. The zero-order valence-corrected chi connectivity index (χ0v) is 32.0. The molecule has 266 valence electrons. The number of hydrogen-bond donors (Lipinski definition) is 2. The molecule has 1 saturated heterocycles. The molecule has 49 heavy (non-hydrogen) atoms. The molecule has 10 nitrogen and oxygen atoms in total. The molecule has 2 amide bonds. The van der Waals surface area contributed by atoms with Gasteiger partial charge in [0.15, 0.2) is 0 Å². The molecule has 12 heteroatoms. The summed E-state index contributed by atoms with van der Waals surface area (Å²) in [4.78, 5) is 38.8. The van der Waals surface area contributed by atoms with Crippen molar-refractivity contribution in [3.63, 3.8) is 0 Å². The van der Waals surface area contributed by atoms with Crippen LogP contribution in [0.3, 0.4) is 0 Å². The Balaban J connectivity index is 0.00000158. The van der Waals surface area contributed by atoms with Gasteiger partial charge in [0.25, 0.3) is 0 Å². The Hall–Kier alpha value is -4.12. The van der Waals surface area contributed by atoms with E-state index in [0.29, 0.717) is 46.3 Å². The number of allylic oxidation sites excluding steroid dienone is 1. The van der Waals surface area contributed by atoms with Gasteiger partial charge in [-0.25, -0.2) is 9.98 Å². The molecule has 0 saturated carbocycles. The van der Waals surface area contributed by atoms with Crippen molar-refractivity contribution in [2.24, 2.45) is 4.99 Å². The van der Waals surface area contributed by atoms with Crippen molar-refractivity contribution < 1.29 is 14.3 Å². The van der Waals surface area contributed by atoms with E-state index in [0.717, 1.165) is 54.2 Å². The van der Waals surface area contributed by atoms with Crippen molar-refractivity contribution in [1.82, 2.24) is 14.8 Å². The second kappa shape index (κ2) is 19.8. The first-order valence-electron chi connectivity index (χ1n) is 16.3. The van der Waals surface area contributed by atoms with Crippen molar-refractivity contribution in [1.29, 1.82) is 0 Å². The van der Waals surface area contributed by atoms with Crippen molar-refractivity contribution >= 4 is 70.4 Å². The van der Waals surface area contributed by atoms with Crippen molar-refractivity contribution in [3.05, 3.63) is 75.4 Å². The Bertz CT molecular complexity index is 1620. The molecule has 2 aromatic carbocycles. The minimum Gasteiger partial charge on any atom is -0.495 e. The number of aliphatic imine (C=N–C) groups is 1. The molecule has 1 fully saturated rings. The van der Waals surface area contributed by atoms with E-state index in [2.05, 4.69) is 45.1 Å². The summed E-state index contributed by atoms with van der Waals surface area (Å²) in [6.07, 6.45) is 4.69. The van der Waals surface area contributed by atoms with E-state index in [4.69, 9.17) is 32.9 Å². The molecule has 0 bridgehead atoms. The highest BCUT2D eigenvalue weighted by Crippen LogP contribution is 2.41. The van der Waals surface area contributed by atoms with Gasteiger partial charge in [-0.2, -0.15) is 0 Å². The molecule has 0 radical (unpaired) electrons. The van der Waals surface area contributed by atoms with Crippen LogP contribution in [0, 0.1) is 13.8 Å². The number of amidine groups is 1. The van der Waals surface area contributed by atoms with Gasteiger partial charge in [-0.3, -0.25) is 9.59 Å². The van der Waals surface area contributed by atoms with Crippen LogP contribution in [0.5, 0.6) is 5.75 Å². The lowest BCUT2D eigenvalue weighted by Gasteiger charge is -2.34. The number of carbonyl (C=O) groups excluding carboxylic acids is 2. The molecule has 1 aliphatic heterocycles. The van der Waals surface area contributed by atoms with Gasteiger partial charge in [0.1, 0.15) is 17.4 Å². The Labute approximate surface area is 302 Å². The van der Waals surface area contributed by atoms with Crippen LogP contribution in [-0.4, -0.2) is 80.8 Å². The molecule has 4 rings (SSSR count). The quantitative estimate of drug-likeness (QED) is 0.0940. The lowest BCUT2D eigenvalue weighted by molar-refractivity contribution is -0.114. The van der Waals surface area contributed by atoms with Gasteiger partial charge in [-0.05, 0) is 74.7 Å². The summed E-state index contributed by atoms with van der Waals surface area (Å²) in [7, 11) is 5.23. The number of hydrogen-bond acceptors (Lipinski definition) is 8. The molecular formula is C37H51Cl2N7O3. The van der Waals surface area contributed by atoms with Crippen LogP contribution in [0.4, 0.5) is 28.6 Å². The number of anilines is 4. The summed E-state index contributed by atoms with van der Waals surface area (Å²) in [5.41, 5.74) is 5.95. The van der Waals surface area contributed by atoms with Crippen LogP contribution in [0.15, 0.2) is 48.1 Å². The molecule has 0 aliphatic carbocycles. The van der Waals surface area contributed by atoms with Gasteiger partial charge in [-0.15, -0.1) is 6.58 Å². The number of amides is 2. The highest BCUT2D eigenvalue weighted by atomic mass is 35.5. The van der Waals surface area contributed by atoms with E-state index in [1.54, 1.807) is 25.4 Å². The smallest absolute Gasteiger partial charge is 0.215 e. The predicted molar refractivity (Wildman–Crippen MR) is 207 cm³/mol. The van der Waals surface area contributed by atoms with Gasteiger partial charge in [0.2, 0.25) is 12.8 Å². The van der Waals surface area contributed by atoms with Crippen molar-refractivity contribution in [2.45, 2.75) is 54.4 Å². The number of piperazine rings is 1. The monoisotopic (exact) mass is 711 g/mol. The number of rotatable bonds is 10. The lowest BCUT2D eigenvalue weighted by atomic mass is 9.99. The molecule has 2 heterocycles. The number of ether oxygens (including phenoxy) is 1. The van der Waals surface area contributed by atoms with E-state index in [1.807, 2.05) is 60.6 Å². The van der Waals surface area contributed by atoms with Gasteiger partial charge in [0, 0.05) is 38.9 Å². The first-order chi connectivity index (χ1) is 23.4. The largest absolute Gasteiger partial charge is 0.495 e. The topological polar surface area (TPSA) is 102 Å². The minimum absolute atomic E-state index is 0.0710. The maximum atomic E-state index is 12.0. The second-order valence-electron chi connectivity index (χ2n) is 11.6. The van der Waals surface area contributed by atoms with E-state index >= 15 is 0 Å². The molecule has 1 aromatic heterocycles. The standard InChI is InChI=1S/C32H39Cl2N7O3.C3H6.C2H6/c1-19(2)23-15-26(44-7)30(34)28(29(23)33)32(40(6)18-43)37-25-16-35-27(13-20(25)3)38-31-21(4)12-22(14-24(31)36-17-42)41-10-8-39(5)9-11-41;1-3-2;1-2/h12-19H,8-11H2,1-7H3,(H,35,38)(H,36,42);3H,1H2,2H3;1-2H3. The summed E-state index contributed by atoms with van der Waals surface area (Å²) >= 11 is 13.6. The number of carbonyl (C=O) groups is 2. The Kier molecular flexibility index (Phi) is 16.6. The second-order valence-corrected chi connectivity index (χ2v) is 12.4. The van der Waals surface area contributed by atoms with Crippen LogP contribution >= 0.6 is 23.2 Å². The summed E-state index contributed by atoms with van der Waals surface area (Å²) in [5, 5.41) is 6.86. The van der Waals surface area contributed by atoms with Gasteiger partial charge in [0.05, 0.1) is 46.0 Å². The van der Waals surface area contributed by atoms with Crippen LogP contribution in [0.2, 0.25) is 10.0 Å². The lowest BCUT2D eigenvalue weighted by Crippen LogP contribution is -2.44. The van der Waals surface area contributed by atoms with Crippen molar-refractivity contribution in [3.8, 4) is 5.75 Å². The maximum Gasteiger partial charge on any atom is 0.215 e. The molecular weight excluding hydrogens is 661 g/mol. The number of nitrogens with zero attached hydrogens (tertiary/aromatic N) is 5. The third kappa shape index (κ3) is 10.4. The fraction of sp³-hybridized carbons (Fsp3) is 0.405. The summed E-state index contributed by atoms with van der Waals surface area (Å²) < 4.78 is 5.52. The Morgan fingerprint density at radius 2 is 1.69 bits per heavy atom. The first kappa shape index (κ1) is 41.1. The van der Waals surface area contributed by atoms with Gasteiger partial charge >= 0.3 is 0 Å². The molecule has 0 unspecified atom stereocenters. The summed E-state index contributed by atoms with van der Waals surface area (Å²) in [5.74, 6) is 1.33. The molecule has 0 spiro atoms. The Morgan fingerprint density at radius 3 is 2.22 bits per heavy atom. The zero-order valence-electron chi connectivity index (χ0n) is 30.4. The number of halogens is 2. The fourth-order valence-corrected chi connectivity index (χ4v) is 5.90. The zero-order chi connectivity index (χ0) is 36.8. The highest BCUT2D eigenvalue weighted by molar-refractivity contribution is 6.41. The normalized spacial score (nSPS) is 13.0. The number of nitrogens with one attached hydrogen (secondary N) is 2.